The van der Waals surface area contributed by atoms with E-state index in [0.717, 1.165) is 5.57 Å². The lowest BCUT2D eigenvalue weighted by Crippen LogP contribution is -2.41. The predicted molar refractivity (Wildman–Crippen MR) is 121 cm³/mol. The topological polar surface area (TPSA) is 139 Å². The lowest BCUT2D eigenvalue weighted by Gasteiger charge is -2.22. The Morgan fingerprint density at radius 1 is 1.18 bits per heavy atom. The van der Waals surface area contributed by atoms with E-state index >= 15 is 0 Å². The van der Waals surface area contributed by atoms with Crippen LogP contribution in [0.15, 0.2) is 46.6 Å². The molecule has 0 aromatic carbocycles. The Morgan fingerprint density at radius 3 is 2.82 bits per heavy atom. The van der Waals surface area contributed by atoms with Crippen molar-refractivity contribution < 1.29 is 33.4 Å². The van der Waals surface area contributed by atoms with Gasteiger partial charge in [0, 0.05) is 25.9 Å². The van der Waals surface area contributed by atoms with E-state index in [9.17, 15) is 24.3 Å². The van der Waals surface area contributed by atoms with Gasteiger partial charge in [0.25, 0.3) is 5.91 Å². The highest BCUT2D eigenvalue weighted by Crippen LogP contribution is 2.21. The number of allylic oxidation sites excluding steroid dienone is 2. The summed E-state index contributed by atoms with van der Waals surface area (Å²) in [6.45, 7) is 2.53. The van der Waals surface area contributed by atoms with Crippen molar-refractivity contribution in [2.45, 2.75) is 51.2 Å². The first-order valence-corrected chi connectivity index (χ1v) is 11.2. The minimum atomic E-state index is -0.997. The van der Waals surface area contributed by atoms with Crippen LogP contribution < -0.4 is 5.32 Å². The van der Waals surface area contributed by atoms with E-state index in [0.29, 0.717) is 25.8 Å². The van der Waals surface area contributed by atoms with Crippen LogP contribution in [0.5, 0.6) is 0 Å². The van der Waals surface area contributed by atoms with E-state index in [1.807, 2.05) is 0 Å². The van der Waals surface area contributed by atoms with Crippen molar-refractivity contribution in [3.8, 4) is 0 Å². The van der Waals surface area contributed by atoms with Crippen LogP contribution in [-0.4, -0.2) is 70.4 Å². The molecule has 2 unspecified atom stereocenters. The molecule has 182 valence electrons. The van der Waals surface area contributed by atoms with Gasteiger partial charge in [0.1, 0.15) is 18.1 Å². The molecule has 1 aromatic heterocycles. The molecule has 10 heteroatoms. The summed E-state index contributed by atoms with van der Waals surface area (Å²) in [5.41, 5.74) is 0.741. The Hall–Kier alpha value is -3.53. The first-order valence-electron chi connectivity index (χ1n) is 11.2. The average Bonchev–Trinajstić information content (AvgIpc) is 3.45. The van der Waals surface area contributed by atoms with Crippen LogP contribution in [0.4, 0.5) is 0 Å². The van der Waals surface area contributed by atoms with Crippen LogP contribution in [0.25, 0.3) is 0 Å². The first kappa shape index (κ1) is 25.1. The number of cyclic esters (lactones) is 1. The number of hydrogen-bond acceptors (Lipinski definition) is 8. The number of ether oxygens (including phenoxy) is 1. The summed E-state index contributed by atoms with van der Waals surface area (Å²) in [5.74, 6) is -1.51. The predicted octanol–water partition coefficient (Wildman–Crippen LogP) is 1.26. The Kier molecular flexibility index (Phi) is 8.92. The maximum atomic E-state index is 12.9. The van der Waals surface area contributed by atoms with Gasteiger partial charge < -0.3 is 24.5 Å². The highest BCUT2D eigenvalue weighted by Gasteiger charge is 2.36. The Bertz CT molecular complexity index is 1010. The van der Waals surface area contributed by atoms with Crippen molar-refractivity contribution in [1.29, 1.82) is 0 Å². The molecule has 3 rings (SSSR count). The third kappa shape index (κ3) is 7.24. The molecule has 10 nitrogen and oxygen atoms in total. The van der Waals surface area contributed by atoms with Crippen molar-refractivity contribution in [2.24, 2.45) is 0 Å². The van der Waals surface area contributed by atoms with Gasteiger partial charge in [-0.15, -0.1) is 0 Å². The number of carbonyl (C=O) groups is 4. The highest BCUT2D eigenvalue weighted by atomic mass is 16.5. The number of oxazole rings is 1. The molecular weight excluding hydrogens is 442 g/mol. The number of aromatic nitrogens is 1. The zero-order chi connectivity index (χ0) is 24.5. The SMILES string of the molecule is CC1=C\C(O)CC(=O)Cc2nc(co2)C(=O)N2CCCC2C(=O)OCC/C=C/C(=O)NC\C=C\1. The fourth-order valence-electron chi connectivity index (χ4n) is 3.76. The van der Waals surface area contributed by atoms with Gasteiger partial charge >= 0.3 is 5.97 Å². The number of nitrogens with zero attached hydrogens (tertiary/aromatic N) is 2. The van der Waals surface area contributed by atoms with Gasteiger partial charge in [-0.3, -0.25) is 14.4 Å². The lowest BCUT2D eigenvalue weighted by atomic mass is 10.1. The average molecular weight is 472 g/mol. The number of rotatable bonds is 0. The number of carbonyl (C=O) groups excluding carboxylic acids is 4. The van der Waals surface area contributed by atoms with Gasteiger partial charge in [0.15, 0.2) is 5.69 Å². The van der Waals surface area contributed by atoms with E-state index in [2.05, 4.69) is 10.3 Å². The largest absolute Gasteiger partial charge is 0.464 e. The van der Waals surface area contributed by atoms with Gasteiger partial charge in [0.05, 0.1) is 19.1 Å². The maximum absolute atomic E-state index is 12.9. The van der Waals surface area contributed by atoms with Crippen molar-refractivity contribution in [1.82, 2.24) is 15.2 Å². The number of amides is 2. The molecule has 2 aliphatic heterocycles. The summed E-state index contributed by atoms with van der Waals surface area (Å²) >= 11 is 0. The molecule has 2 amide bonds. The number of hydrogen-bond donors (Lipinski definition) is 2. The molecule has 34 heavy (non-hydrogen) atoms. The molecule has 1 saturated heterocycles. The number of aliphatic hydroxyl groups is 1. The summed E-state index contributed by atoms with van der Waals surface area (Å²) in [7, 11) is 0. The third-order valence-electron chi connectivity index (χ3n) is 5.37. The van der Waals surface area contributed by atoms with E-state index in [1.165, 1.54) is 17.2 Å². The van der Waals surface area contributed by atoms with Crippen molar-refractivity contribution in [3.63, 3.8) is 0 Å². The Balaban J connectivity index is 1.74. The van der Waals surface area contributed by atoms with Gasteiger partial charge in [-0.2, -0.15) is 0 Å². The molecule has 3 heterocycles. The maximum Gasteiger partial charge on any atom is 0.328 e. The minimum absolute atomic E-state index is 0.0104. The fourth-order valence-corrected chi connectivity index (χ4v) is 3.76. The van der Waals surface area contributed by atoms with E-state index in [-0.39, 0.29) is 49.3 Å². The number of fused-ring (bicyclic) bond motifs is 3. The molecule has 2 N–H and O–H groups in total. The van der Waals surface area contributed by atoms with Gasteiger partial charge in [-0.1, -0.05) is 29.9 Å². The molecule has 2 aliphatic rings. The van der Waals surface area contributed by atoms with E-state index in [1.54, 1.807) is 31.2 Å². The second-order valence-corrected chi connectivity index (χ2v) is 8.19. The van der Waals surface area contributed by atoms with Gasteiger partial charge in [-0.25, -0.2) is 9.78 Å². The molecular formula is C24H29N3O7. The van der Waals surface area contributed by atoms with Crippen LogP contribution in [0.1, 0.15) is 49.0 Å². The number of nitrogens with one attached hydrogen (secondary N) is 1. The Morgan fingerprint density at radius 2 is 2.00 bits per heavy atom. The number of aliphatic hydroxyl groups excluding tert-OH is 1. The monoisotopic (exact) mass is 471 g/mol. The number of Topliss-reactive ketones (excluding diaryl/α,β-unsaturated/α-hetero) is 1. The smallest absolute Gasteiger partial charge is 0.328 e. The zero-order valence-corrected chi connectivity index (χ0v) is 19.1. The summed E-state index contributed by atoms with van der Waals surface area (Å²) < 4.78 is 10.6. The van der Waals surface area contributed by atoms with Crippen LogP contribution in [-0.2, 0) is 25.5 Å². The van der Waals surface area contributed by atoms with Crippen molar-refractivity contribution in [2.75, 3.05) is 19.7 Å². The van der Waals surface area contributed by atoms with Gasteiger partial charge in [0.2, 0.25) is 11.8 Å². The lowest BCUT2D eigenvalue weighted by molar-refractivity contribution is -0.148. The quantitative estimate of drug-likeness (QED) is 0.539. The first-order chi connectivity index (χ1) is 16.3. The molecule has 0 spiro atoms. The highest BCUT2D eigenvalue weighted by molar-refractivity contribution is 5.95. The third-order valence-corrected chi connectivity index (χ3v) is 5.37. The minimum Gasteiger partial charge on any atom is -0.464 e. The molecule has 2 bridgehead atoms. The van der Waals surface area contributed by atoms with Crippen LogP contribution in [0, 0.1) is 0 Å². The second-order valence-electron chi connectivity index (χ2n) is 8.19. The zero-order valence-electron chi connectivity index (χ0n) is 19.1. The normalized spacial score (nSPS) is 27.2. The molecule has 1 fully saturated rings. The Labute approximate surface area is 197 Å². The standard InChI is InChI=1S/C24H29N3O7/c1-16-6-4-9-25-21(30)8-2-3-11-33-24(32)20-7-5-10-27(20)23(31)19-15-34-22(26-19)14-18(29)13-17(28)12-16/h2,4,6,8,12,15,17,20,28H,3,5,7,9-11,13-14H2,1H3,(H,25,30)/b6-4+,8-2+,16-12+. The summed E-state index contributed by atoms with van der Waals surface area (Å²) in [4.78, 5) is 55.1. The molecule has 2 atom stereocenters. The molecule has 0 saturated carbocycles. The van der Waals surface area contributed by atoms with Crippen LogP contribution in [0.2, 0.25) is 0 Å². The van der Waals surface area contributed by atoms with E-state index < -0.39 is 24.0 Å². The summed E-state index contributed by atoms with van der Waals surface area (Å²) in [6, 6.07) is -0.722. The summed E-state index contributed by atoms with van der Waals surface area (Å²) in [5, 5.41) is 12.9. The molecule has 1 aromatic rings. The fraction of sp³-hybridized carbons (Fsp3) is 0.458. The van der Waals surface area contributed by atoms with E-state index in [4.69, 9.17) is 9.15 Å². The van der Waals surface area contributed by atoms with Crippen LogP contribution >= 0.6 is 0 Å². The molecule has 0 aliphatic carbocycles. The van der Waals surface area contributed by atoms with Crippen LogP contribution in [0.3, 0.4) is 0 Å². The molecule has 0 radical (unpaired) electrons. The number of esters is 1. The number of ketones is 1. The summed E-state index contributed by atoms with van der Waals surface area (Å²) in [6.07, 6.45) is 9.31. The van der Waals surface area contributed by atoms with Crippen molar-refractivity contribution in [3.05, 3.63) is 53.8 Å². The second kappa shape index (κ2) is 12.1. The van der Waals surface area contributed by atoms with Gasteiger partial charge in [-0.05, 0) is 25.8 Å². The van der Waals surface area contributed by atoms with Crippen molar-refractivity contribution >= 4 is 23.6 Å².